The molecule has 0 fully saturated rings. The number of thiophene rings is 1. The Balaban J connectivity index is 1.09. The summed E-state index contributed by atoms with van der Waals surface area (Å²) in [6.07, 6.45) is 2.23. The van der Waals surface area contributed by atoms with Crippen LogP contribution in [-0.4, -0.2) is 10.4 Å². The zero-order valence-electron chi connectivity index (χ0n) is 30.7. The number of furan rings is 1. The molecule has 57 heavy (non-hydrogen) atoms. The van der Waals surface area contributed by atoms with Crippen molar-refractivity contribution in [3.63, 3.8) is 0 Å². The van der Waals surface area contributed by atoms with Gasteiger partial charge in [-0.05, 0) is 71.3 Å². The highest BCUT2D eigenvalue weighted by atomic mass is 32.1. The van der Waals surface area contributed by atoms with Crippen LogP contribution in [0.25, 0.3) is 86.4 Å². The lowest BCUT2D eigenvalue weighted by atomic mass is 9.99. The van der Waals surface area contributed by atoms with Crippen LogP contribution >= 0.6 is 11.3 Å². The summed E-state index contributed by atoms with van der Waals surface area (Å²) in [6, 6.07) is 65.1. The third kappa shape index (κ3) is 5.17. The lowest BCUT2D eigenvalue weighted by molar-refractivity contribution is 0.669. The van der Waals surface area contributed by atoms with E-state index in [1.165, 1.54) is 47.6 Å². The van der Waals surface area contributed by atoms with Crippen LogP contribution in [0.1, 0.15) is 22.7 Å². The van der Waals surface area contributed by atoms with Crippen LogP contribution in [0.4, 0.5) is 0 Å². The number of para-hydroxylation sites is 2. The number of benzene rings is 8. The molecule has 1 aliphatic heterocycles. The van der Waals surface area contributed by atoms with Crippen LogP contribution in [0.2, 0.25) is 0 Å². The average Bonchev–Trinajstić information content (AvgIpc) is 3.95. The van der Waals surface area contributed by atoms with E-state index in [2.05, 4.69) is 186 Å². The van der Waals surface area contributed by atoms with E-state index in [4.69, 9.17) is 9.41 Å². The molecule has 0 amide bonds. The second kappa shape index (κ2) is 12.7. The maximum Gasteiger partial charge on any atom is 0.135 e. The molecule has 0 spiro atoms. The standard InChI is InChI=1S/C52H33N3OS/c1-3-13-32(14-4-1)44-31-45(33-15-5-2-6-16-33)54-52(53-44)35-23-25-38-37-17-7-10-20-46(37)55(47(38)28-35)36-29-41(51-43(30-36)40-19-9-12-22-50(40)57-51)34-24-26-49-42(27-34)39-18-8-11-21-48(39)56-49/h1-31,44H,(H,53,54). The van der Waals surface area contributed by atoms with Crippen LogP contribution < -0.4 is 5.32 Å². The summed E-state index contributed by atoms with van der Waals surface area (Å²) in [5.74, 6) is 0.851. The van der Waals surface area contributed by atoms with Gasteiger partial charge in [-0.1, -0.05) is 133 Å². The van der Waals surface area contributed by atoms with Gasteiger partial charge in [-0.15, -0.1) is 11.3 Å². The summed E-state index contributed by atoms with van der Waals surface area (Å²) < 4.78 is 11.3. The molecule has 4 nitrogen and oxygen atoms in total. The summed E-state index contributed by atoms with van der Waals surface area (Å²) in [7, 11) is 0. The van der Waals surface area contributed by atoms with E-state index in [0.29, 0.717) is 0 Å². The quantitative estimate of drug-likeness (QED) is 0.190. The van der Waals surface area contributed by atoms with Gasteiger partial charge in [0.2, 0.25) is 0 Å². The molecule has 268 valence electrons. The smallest absolute Gasteiger partial charge is 0.135 e. The zero-order valence-corrected chi connectivity index (χ0v) is 31.5. The van der Waals surface area contributed by atoms with Gasteiger partial charge in [0.15, 0.2) is 0 Å². The van der Waals surface area contributed by atoms with Crippen LogP contribution in [0.15, 0.2) is 197 Å². The summed E-state index contributed by atoms with van der Waals surface area (Å²) in [5.41, 5.74) is 11.9. The normalized spacial score (nSPS) is 14.5. The highest BCUT2D eigenvalue weighted by molar-refractivity contribution is 7.26. The fourth-order valence-electron chi connectivity index (χ4n) is 8.74. The minimum absolute atomic E-state index is 0.0306. The highest BCUT2D eigenvalue weighted by Gasteiger charge is 2.22. The molecule has 1 aliphatic rings. The van der Waals surface area contributed by atoms with E-state index in [0.717, 1.165) is 61.3 Å². The first-order valence-corrected chi connectivity index (χ1v) is 20.1. The number of amidine groups is 1. The maximum absolute atomic E-state index is 6.26. The largest absolute Gasteiger partial charge is 0.456 e. The van der Waals surface area contributed by atoms with Crippen LogP contribution in [0.5, 0.6) is 0 Å². The molecular formula is C52H33N3OS. The van der Waals surface area contributed by atoms with E-state index in [9.17, 15) is 0 Å². The molecule has 8 aromatic carbocycles. The molecule has 12 rings (SSSR count). The number of fused-ring (bicyclic) bond motifs is 9. The molecule has 0 saturated carbocycles. The topological polar surface area (TPSA) is 42.5 Å². The van der Waals surface area contributed by atoms with E-state index < -0.39 is 0 Å². The first-order valence-electron chi connectivity index (χ1n) is 19.3. The summed E-state index contributed by atoms with van der Waals surface area (Å²) in [5, 5.41) is 11.0. The van der Waals surface area contributed by atoms with Crippen molar-refractivity contribution in [1.29, 1.82) is 0 Å². The Hall–Kier alpha value is -7.21. The van der Waals surface area contributed by atoms with Crippen molar-refractivity contribution in [2.24, 2.45) is 4.99 Å². The number of hydrogen-bond donors (Lipinski definition) is 1. The molecule has 1 atom stereocenters. The third-order valence-corrected chi connectivity index (χ3v) is 12.7. The van der Waals surface area contributed by atoms with Gasteiger partial charge < -0.3 is 14.3 Å². The Morgan fingerprint density at radius 3 is 2.09 bits per heavy atom. The van der Waals surface area contributed by atoms with Crippen molar-refractivity contribution in [1.82, 2.24) is 9.88 Å². The van der Waals surface area contributed by atoms with Crippen LogP contribution in [-0.2, 0) is 0 Å². The van der Waals surface area contributed by atoms with Crippen LogP contribution in [0, 0.1) is 0 Å². The van der Waals surface area contributed by atoms with Gasteiger partial charge in [0.05, 0.1) is 22.8 Å². The van der Waals surface area contributed by atoms with Crippen molar-refractivity contribution >= 4 is 86.8 Å². The Kier molecular flexibility index (Phi) is 7.13. The van der Waals surface area contributed by atoms with E-state index >= 15 is 0 Å². The van der Waals surface area contributed by atoms with Gasteiger partial charge in [0, 0.05) is 58.5 Å². The summed E-state index contributed by atoms with van der Waals surface area (Å²) in [4.78, 5) is 5.28. The molecule has 1 N–H and O–H groups in total. The van der Waals surface area contributed by atoms with Crippen molar-refractivity contribution in [3.8, 4) is 16.8 Å². The van der Waals surface area contributed by atoms with Crippen LogP contribution in [0.3, 0.4) is 0 Å². The predicted molar refractivity (Wildman–Crippen MR) is 240 cm³/mol. The predicted octanol–water partition coefficient (Wildman–Crippen LogP) is 13.9. The van der Waals surface area contributed by atoms with Crippen molar-refractivity contribution in [3.05, 3.63) is 205 Å². The first kappa shape index (κ1) is 32.1. The Labute approximate surface area is 332 Å². The lowest BCUT2D eigenvalue weighted by Gasteiger charge is -2.24. The Bertz CT molecular complexity index is 3440. The molecule has 0 bridgehead atoms. The Morgan fingerprint density at radius 2 is 1.21 bits per heavy atom. The zero-order chi connectivity index (χ0) is 37.5. The molecule has 0 aliphatic carbocycles. The van der Waals surface area contributed by atoms with Gasteiger partial charge in [-0.3, -0.25) is 0 Å². The number of aromatic nitrogens is 1. The summed E-state index contributed by atoms with van der Waals surface area (Å²) in [6.45, 7) is 0. The van der Waals surface area contributed by atoms with Crippen molar-refractivity contribution in [2.45, 2.75) is 6.04 Å². The molecule has 0 saturated heterocycles. The number of rotatable bonds is 5. The molecule has 0 radical (unpaired) electrons. The van der Waals surface area contributed by atoms with Gasteiger partial charge in [-0.2, -0.15) is 0 Å². The minimum atomic E-state index is -0.0306. The summed E-state index contributed by atoms with van der Waals surface area (Å²) >= 11 is 1.86. The molecule has 1 unspecified atom stereocenters. The average molecular weight is 748 g/mol. The van der Waals surface area contributed by atoms with Crippen molar-refractivity contribution < 1.29 is 4.42 Å². The second-order valence-corrected chi connectivity index (χ2v) is 15.8. The molecule has 4 heterocycles. The third-order valence-electron chi connectivity index (χ3n) is 11.4. The Morgan fingerprint density at radius 1 is 0.509 bits per heavy atom. The monoisotopic (exact) mass is 747 g/mol. The number of aliphatic imine (C=N–C) groups is 1. The number of nitrogens with one attached hydrogen (secondary N) is 1. The minimum Gasteiger partial charge on any atom is -0.456 e. The molecular weight excluding hydrogens is 715 g/mol. The fraction of sp³-hybridized carbons (Fsp3) is 0.0192. The maximum atomic E-state index is 6.26. The molecule has 3 aromatic heterocycles. The van der Waals surface area contributed by atoms with Gasteiger partial charge in [-0.25, -0.2) is 4.99 Å². The molecule has 11 aromatic rings. The van der Waals surface area contributed by atoms with Crippen molar-refractivity contribution in [2.75, 3.05) is 0 Å². The molecule has 5 heteroatoms. The number of hydrogen-bond acceptors (Lipinski definition) is 4. The van der Waals surface area contributed by atoms with E-state index in [1.54, 1.807) is 0 Å². The highest BCUT2D eigenvalue weighted by Crippen LogP contribution is 2.44. The van der Waals surface area contributed by atoms with E-state index in [-0.39, 0.29) is 6.04 Å². The van der Waals surface area contributed by atoms with E-state index in [1.807, 2.05) is 23.5 Å². The van der Waals surface area contributed by atoms with Gasteiger partial charge in [0.25, 0.3) is 0 Å². The van der Waals surface area contributed by atoms with Gasteiger partial charge >= 0.3 is 0 Å². The van der Waals surface area contributed by atoms with Gasteiger partial charge in [0.1, 0.15) is 17.0 Å². The second-order valence-electron chi connectivity index (χ2n) is 14.8. The lowest BCUT2D eigenvalue weighted by Crippen LogP contribution is -2.31. The first-order chi connectivity index (χ1) is 28.2. The number of nitrogens with zero attached hydrogens (tertiary/aromatic N) is 2. The fourth-order valence-corrected chi connectivity index (χ4v) is 9.96. The SMILES string of the molecule is C1=C(c2ccccc2)N=C(c2ccc3c4ccccc4n(-c4cc(-c5ccc6oc7ccccc7c6c5)c5sc6ccccc6c5c4)c3c2)NC1c1ccccc1.